The summed E-state index contributed by atoms with van der Waals surface area (Å²) < 4.78 is 176. The van der Waals surface area contributed by atoms with Crippen molar-refractivity contribution in [1.29, 1.82) is 0 Å². The molecule has 12 N–H and O–H groups in total. The molecule has 0 aromatic rings. The van der Waals surface area contributed by atoms with Gasteiger partial charge in [0.25, 0.3) is 0 Å². The van der Waals surface area contributed by atoms with Crippen molar-refractivity contribution in [1.82, 2.24) is 96.8 Å². The van der Waals surface area contributed by atoms with Crippen molar-refractivity contribution in [3.8, 4) is 0 Å². The topological polar surface area (TPSA) is 612 Å². The summed E-state index contributed by atoms with van der Waals surface area (Å²) in [7, 11) is -23.9. The average Bonchev–Trinajstić information content (AvgIpc) is 1.33. The van der Waals surface area contributed by atoms with Gasteiger partial charge >= 0.3 is 82.2 Å². The predicted molar refractivity (Wildman–Crippen MR) is 460 cm³/mol. The van der Waals surface area contributed by atoms with Gasteiger partial charge in [0.2, 0.25) is 29.5 Å². The quantitative estimate of drug-likeness (QED) is 0.0567. The minimum Gasteiger partial charge on any atom is -0.352 e. The monoisotopic (exact) mass is 1990 g/mol. The largest absolute Gasteiger partial charge is 0.418 e. The lowest BCUT2D eigenvalue weighted by atomic mass is 9.60. The number of rotatable bonds is 24. The second kappa shape index (κ2) is 38.1. The van der Waals surface area contributed by atoms with Gasteiger partial charge in [-0.15, -0.1) is 21.4 Å². The van der Waals surface area contributed by atoms with Crippen LogP contribution in [0.5, 0.6) is 0 Å². The third-order valence-electron chi connectivity index (χ3n) is 31.8. The summed E-state index contributed by atoms with van der Waals surface area (Å²) in [4.78, 5) is 137. The van der Waals surface area contributed by atoms with Crippen LogP contribution in [0.3, 0.4) is 0 Å². The Morgan fingerprint density at radius 2 is 0.515 bits per heavy atom. The first-order chi connectivity index (χ1) is 63.3. The first kappa shape index (κ1) is 97.1. The first-order valence-corrected chi connectivity index (χ1v) is 54.4. The van der Waals surface area contributed by atoms with Crippen molar-refractivity contribution in [3.05, 3.63) is 0 Å². The van der Waals surface area contributed by atoms with E-state index in [1.807, 2.05) is 0 Å². The number of nitrogens with zero attached hydrogens (tertiary/aromatic N) is 12. The van der Waals surface area contributed by atoms with Crippen molar-refractivity contribution in [3.63, 3.8) is 0 Å². The number of hydroxylamine groups is 10. The third kappa shape index (κ3) is 22.7. The van der Waals surface area contributed by atoms with Crippen LogP contribution in [-0.2, 0) is 97.4 Å². The Labute approximate surface area is 778 Å². The summed E-state index contributed by atoms with van der Waals surface area (Å²) in [6.07, 6.45) is 27.1. The highest BCUT2D eigenvalue weighted by atomic mass is 32.3. The maximum atomic E-state index is 12.8. The number of likely N-dealkylation sites (tertiary alicyclic amines) is 2. The number of carbonyl (C=O) groups is 10. The Kier molecular flexibility index (Phi) is 27.6. The highest BCUT2D eigenvalue weighted by Gasteiger charge is 2.60. The lowest BCUT2D eigenvalue weighted by Gasteiger charge is -2.59. The Morgan fingerprint density at radius 3 is 0.739 bits per heavy atom. The molecule has 0 aromatic heterocycles. The van der Waals surface area contributed by atoms with Crippen LogP contribution in [0, 0.1) is 58.2 Å². The summed E-state index contributed by atoms with van der Waals surface area (Å²) in [6.45, 7) is 12.0. The number of hydrogen-bond donors (Lipinski definition) is 12. The van der Waals surface area contributed by atoms with Crippen LogP contribution in [0.1, 0.15) is 193 Å². The molecular formula is C80H125N19O30S5. The van der Waals surface area contributed by atoms with E-state index in [4.69, 9.17) is 22.8 Å². The molecule has 8 saturated carbocycles. The molecular weight excluding hydrogens is 1870 g/mol. The second-order valence-corrected chi connectivity index (χ2v) is 47.2. The van der Waals surface area contributed by atoms with Gasteiger partial charge in [0.1, 0.15) is 30.2 Å². The summed E-state index contributed by atoms with van der Waals surface area (Å²) in [6, 6.07) is -8.28. The van der Waals surface area contributed by atoms with E-state index in [0.717, 1.165) is 128 Å². The molecule has 750 valence electrons. The maximum absolute atomic E-state index is 12.8. The highest BCUT2D eigenvalue weighted by Crippen LogP contribution is 2.52. The Balaban J connectivity index is 0.000000112. The molecule has 22 fully saturated rings. The SMILES string of the molecule is O=C(NC1CC2(C1)CN(CC1CC1)C2)C1CCC2CN1C(=O)N2OS(=O)(=O)O.O=C(NC1CC2(C1)CN(CC1CC1)C2)[C@H]1CC[C@@H]2CN1C(=O)N2OS(=O)(=O)O.O=C(NC1CC2CCCC(C2)C1)[C@@H]1CC[C@@H]2CN1C(=O)N2OS(=O)(=O)O.O=C(NC1CC2CNCC(C2)C1)[C@@H]1CC[C@@H]2CN1C(=O)N2OS(=O)(=O)O.O=C(NC1CC2CNCC(C2)C1)[C@@H]1CC[C@@H]2CN1C(=O)N2OS(=O)(=O)O. The van der Waals surface area contributed by atoms with Gasteiger partial charge in [-0.2, -0.15) is 67.4 Å². The van der Waals surface area contributed by atoms with Gasteiger partial charge in [-0.05, 0) is 258 Å². The van der Waals surface area contributed by atoms with Gasteiger partial charge in [-0.1, -0.05) is 19.3 Å². The molecule has 14 heterocycles. The molecule has 54 heteroatoms. The normalized spacial score (nSPS) is 35.5. The van der Waals surface area contributed by atoms with Gasteiger partial charge in [0.15, 0.2) is 0 Å². The van der Waals surface area contributed by atoms with E-state index in [1.54, 1.807) is 0 Å². The smallest absolute Gasteiger partial charge is 0.352 e. The molecule has 16 bridgehead atoms. The minimum atomic E-state index is -4.78. The highest BCUT2D eigenvalue weighted by molar-refractivity contribution is 7.81. The van der Waals surface area contributed by atoms with E-state index in [2.05, 4.69) is 68.4 Å². The number of nitrogens with one attached hydrogen (secondary N) is 7. The van der Waals surface area contributed by atoms with Crippen molar-refractivity contribution in [2.75, 3.05) is 98.2 Å². The van der Waals surface area contributed by atoms with Gasteiger partial charge in [0, 0.05) is 102 Å². The maximum Gasteiger partial charge on any atom is 0.418 e. The molecule has 14 aliphatic heterocycles. The first-order valence-electron chi connectivity index (χ1n) is 47.5. The third-order valence-corrected chi connectivity index (χ3v) is 33.5. The molecule has 0 radical (unpaired) electrons. The fraction of sp³-hybridized carbons (Fsp3) is 0.875. The van der Waals surface area contributed by atoms with Gasteiger partial charge < -0.3 is 71.5 Å². The summed E-state index contributed by atoms with van der Waals surface area (Å²) in [5.41, 5.74) is 0.738. The van der Waals surface area contributed by atoms with E-state index >= 15 is 0 Å². The van der Waals surface area contributed by atoms with Crippen LogP contribution in [0.4, 0.5) is 24.0 Å². The molecule has 8 aliphatic carbocycles. The fourth-order valence-electron chi connectivity index (χ4n) is 26.0. The molecule has 16 atom stereocenters. The Morgan fingerprint density at radius 1 is 0.299 bits per heavy atom. The number of urea groups is 5. The lowest BCUT2D eigenvalue weighted by Crippen LogP contribution is -2.67. The van der Waals surface area contributed by atoms with Gasteiger partial charge in [-0.3, -0.25) is 46.7 Å². The summed E-state index contributed by atoms with van der Waals surface area (Å²) in [5.74, 6) is 4.59. The molecule has 14 saturated heterocycles. The van der Waals surface area contributed by atoms with Crippen molar-refractivity contribution in [2.45, 2.75) is 283 Å². The van der Waals surface area contributed by atoms with E-state index in [1.165, 1.54) is 102 Å². The van der Waals surface area contributed by atoms with Crippen molar-refractivity contribution in [2.24, 2.45) is 58.2 Å². The summed E-state index contributed by atoms with van der Waals surface area (Å²) in [5, 5.41) is 25.6. The average molecular weight is 1990 g/mol. The molecule has 15 amide bonds. The van der Waals surface area contributed by atoms with Crippen molar-refractivity contribution >= 4 is 112 Å². The lowest BCUT2D eigenvalue weighted by molar-refractivity contribution is -0.132. The molecule has 49 nitrogen and oxygen atoms in total. The number of piperidine rings is 7. The number of fused-ring (bicyclic) bond motifs is 16. The number of hydrogen-bond acceptors (Lipinski definition) is 29. The van der Waals surface area contributed by atoms with E-state index < -0.39 is 143 Å². The molecule has 0 aromatic carbocycles. The zero-order valence-corrected chi connectivity index (χ0v) is 78.5. The number of amides is 15. The Bertz CT molecular complexity index is 4650. The second-order valence-electron chi connectivity index (χ2n) is 42.2. The zero-order valence-electron chi connectivity index (χ0n) is 74.4. The minimum absolute atomic E-state index is 0.119. The van der Waals surface area contributed by atoms with Crippen LogP contribution < -0.4 is 37.2 Å². The summed E-state index contributed by atoms with van der Waals surface area (Å²) >= 11 is 0. The van der Waals surface area contributed by atoms with Crippen LogP contribution >= 0.6 is 0 Å². The molecule has 22 rings (SSSR count). The number of carbonyl (C=O) groups excluding carboxylic acids is 10. The zero-order chi connectivity index (χ0) is 94.8. The molecule has 2 spiro atoms. The van der Waals surface area contributed by atoms with Crippen LogP contribution in [0.25, 0.3) is 0 Å². The fourth-order valence-corrected chi connectivity index (χ4v) is 27.9. The van der Waals surface area contributed by atoms with Crippen LogP contribution in [0.2, 0.25) is 0 Å². The van der Waals surface area contributed by atoms with Crippen LogP contribution in [0.15, 0.2) is 0 Å². The standard InChI is InChI=1S/2C17H26N4O6S.C16H25N3O6S.2C15H24N4O6S/c2*22-15(18-12-5-17(6-12)9-19(10-17)7-11-1-2-11)14-4-3-13-8-20(14)16(23)21(13)27-28(24,25)26;20-15(17-12-7-10-2-1-3-11(6-10)8-12)14-5-4-13-9-18(14)16(21)19(13)25-26(22,23)24;2*20-14(17-11-4-9-3-10(5-11)7-16-6-9)13-2-1-12-8-18(13)15(21)19(12)25-26(22,23)24/h2*11-14H,1-10H2,(H,18,22)(H,24,25,26);10-14H,1-9H2,(H,17,20)(H,22,23,24);2*9-13,16H,1-8H2,(H,17,20)(H,22,23,24)/t13-,14-;;10?,11?,12?,13-,14+;2*9?,10?,11?,12-,13+/m1.111/s1. The molecule has 8 unspecified atom stereocenters. The molecule has 134 heavy (non-hydrogen) atoms. The Hall–Kier alpha value is -7.11. The predicted octanol–water partition coefficient (Wildman–Crippen LogP) is 0.0218. The molecule has 22 aliphatic rings. The van der Waals surface area contributed by atoms with E-state index in [9.17, 15) is 90.0 Å². The van der Waals surface area contributed by atoms with Gasteiger partial charge in [-0.25, -0.2) is 24.0 Å². The van der Waals surface area contributed by atoms with Crippen molar-refractivity contribution < 1.29 is 134 Å². The van der Waals surface area contributed by atoms with E-state index in [-0.39, 0.29) is 92.5 Å². The van der Waals surface area contributed by atoms with E-state index in [0.29, 0.717) is 136 Å². The van der Waals surface area contributed by atoms with Gasteiger partial charge in [0.05, 0.1) is 30.2 Å². The van der Waals surface area contributed by atoms with Crippen LogP contribution in [-0.4, -0.2) is 373 Å².